The van der Waals surface area contributed by atoms with Crippen molar-refractivity contribution >= 4 is 5.91 Å². The van der Waals surface area contributed by atoms with Gasteiger partial charge in [-0.3, -0.25) is 4.79 Å². The Balaban J connectivity index is 2.32. The smallest absolute Gasteiger partial charge is 0.221 e. The lowest BCUT2D eigenvalue weighted by Crippen LogP contribution is -2.36. The lowest BCUT2D eigenvalue weighted by molar-refractivity contribution is -0.119. The van der Waals surface area contributed by atoms with Crippen LogP contribution >= 0.6 is 0 Å². The quantitative estimate of drug-likeness (QED) is 0.480. The molecule has 0 aliphatic carbocycles. The third-order valence-corrected chi connectivity index (χ3v) is 1.34. The van der Waals surface area contributed by atoms with E-state index < -0.39 is 0 Å². The topological polar surface area (TPSA) is 41.1 Å². The molecule has 1 rings (SSSR count). The molecule has 3 heteroatoms. The van der Waals surface area contributed by atoms with Gasteiger partial charge in [0.2, 0.25) is 5.91 Å². The molecule has 1 amide bonds. The van der Waals surface area contributed by atoms with Crippen LogP contribution in [0, 0.1) is 0 Å². The minimum atomic E-state index is 0.157. The SMILES string of the molecule is CNC1CCC(=O)N1. The molecular weight excluding hydrogens is 104 g/mol. The molecule has 0 bridgehead atoms. The Morgan fingerprint density at radius 3 is 2.88 bits per heavy atom. The van der Waals surface area contributed by atoms with E-state index in [0.717, 1.165) is 6.42 Å². The minimum Gasteiger partial charge on any atom is -0.341 e. The first-order valence-electron chi connectivity index (χ1n) is 2.79. The van der Waals surface area contributed by atoms with E-state index in [1.165, 1.54) is 0 Å². The van der Waals surface area contributed by atoms with Crippen molar-refractivity contribution in [3.05, 3.63) is 0 Å². The number of hydrogen-bond acceptors (Lipinski definition) is 2. The fourth-order valence-electron chi connectivity index (χ4n) is 0.831. The maximum absolute atomic E-state index is 10.5. The molecule has 1 atom stereocenters. The molecule has 1 aliphatic heterocycles. The van der Waals surface area contributed by atoms with Crippen molar-refractivity contribution in [2.75, 3.05) is 7.05 Å². The number of nitrogens with one attached hydrogen (secondary N) is 2. The molecule has 1 fully saturated rings. The van der Waals surface area contributed by atoms with E-state index in [1.807, 2.05) is 7.05 Å². The molecule has 1 aliphatic rings. The van der Waals surface area contributed by atoms with Gasteiger partial charge < -0.3 is 10.6 Å². The van der Waals surface area contributed by atoms with Crippen LogP contribution in [0.15, 0.2) is 0 Å². The first-order chi connectivity index (χ1) is 3.83. The fourth-order valence-corrected chi connectivity index (χ4v) is 0.831. The summed E-state index contributed by atoms with van der Waals surface area (Å²) in [5, 5.41) is 5.72. The summed E-state index contributed by atoms with van der Waals surface area (Å²) in [5.74, 6) is 0.157. The predicted octanol–water partition coefficient (Wildman–Crippen LogP) is -0.558. The average Bonchev–Trinajstić information content (AvgIpc) is 2.14. The van der Waals surface area contributed by atoms with Gasteiger partial charge in [-0.1, -0.05) is 0 Å². The van der Waals surface area contributed by atoms with Crippen molar-refractivity contribution in [3.8, 4) is 0 Å². The Morgan fingerprint density at radius 1 is 1.88 bits per heavy atom. The van der Waals surface area contributed by atoms with E-state index in [9.17, 15) is 4.79 Å². The highest BCUT2D eigenvalue weighted by molar-refractivity contribution is 5.78. The largest absolute Gasteiger partial charge is 0.341 e. The van der Waals surface area contributed by atoms with Gasteiger partial charge in [-0.15, -0.1) is 0 Å². The van der Waals surface area contributed by atoms with Gasteiger partial charge in [-0.2, -0.15) is 0 Å². The summed E-state index contributed by atoms with van der Waals surface area (Å²) in [4.78, 5) is 10.5. The van der Waals surface area contributed by atoms with Gasteiger partial charge >= 0.3 is 0 Å². The highest BCUT2D eigenvalue weighted by Gasteiger charge is 2.17. The van der Waals surface area contributed by atoms with Gasteiger partial charge in [-0.05, 0) is 13.5 Å². The monoisotopic (exact) mass is 114 g/mol. The molecule has 8 heavy (non-hydrogen) atoms. The van der Waals surface area contributed by atoms with Crippen LogP contribution < -0.4 is 10.6 Å². The van der Waals surface area contributed by atoms with Crippen LogP contribution in [-0.2, 0) is 4.79 Å². The van der Waals surface area contributed by atoms with Gasteiger partial charge in [0, 0.05) is 6.42 Å². The average molecular weight is 114 g/mol. The lowest BCUT2D eigenvalue weighted by Gasteiger charge is -2.05. The second-order valence-electron chi connectivity index (χ2n) is 1.95. The number of carbonyl (C=O) groups is 1. The Morgan fingerprint density at radius 2 is 2.62 bits per heavy atom. The van der Waals surface area contributed by atoms with E-state index in [1.54, 1.807) is 0 Å². The predicted molar refractivity (Wildman–Crippen MR) is 30.2 cm³/mol. The van der Waals surface area contributed by atoms with Crippen LogP contribution in [0.25, 0.3) is 0 Å². The summed E-state index contributed by atoms with van der Waals surface area (Å²) in [6.07, 6.45) is 1.82. The molecule has 46 valence electrons. The highest BCUT2D eigenvalue weighted by Crippen LogP contribution is 2.01. The molecule has 3 nitrogen and oxygen atoms in total. The second-order valence-corrected chi connectivity index (χ2v) is 1.95. The van der Waals surface area contributed by atoms with Crippen LogP contribution in [0.2, 0.25) is 0 Å². The van der Waals surface area contributed by atoms with Gasteiger partial charge in [0.15, 0.2) is 0 Å². The fraction of sp³-hybridized carbons (Fsp3) is 0.800. The normalized spacial score (nSPS) is 28.1. The summed E-state index contributed by atoms with van der Waals surface area (Å²) in [5.41, 5.74) is 0. The van der Waals surface area contributed by atoms with Crippen LogP contribution in [0.1, 0.15) is 12.8 Å². The van der Waals surface area contributed by atoms with Crippen LogP contribution in [0.3, 0.4) is 0 Å². The molecule has 1 saturated heterocycles. The van der Waals surface area contributed by atoms with Crippen molar-refractivity contribution in [1.29, 1.82) is 0 Å². The Kier molecular flexibility index (Phi) is 1.48. The van der Waals surface area contributed by atoms with E-state index in [0.29, 0.717) is 6.42 Å². The molecule has 0 aromatic rings. The maximum Gasteiger partial charge on any atom is 0.221 e. The van der Waals surface area contributed by atoms with Crippen molar-refractivity contribution < 1.29 is 4.79 Å². The molecule has 1 heterocycles. The van der Waals surface area contributed by atoms with Crippen molar-refractivity contribution in [2.24, 2.45) is 0 Å². The van der Waals surface area contributed by atoms with Gasteiger partial charge in [0.1, 0.15) is 0 Å². The zero-order chi connectivity index (χ0) is 5.98. The third kappa shape index (κ3) is 0.980. The molecule has 0 aromatic carbocycles. The summed E-state index contributed by atoms with van der Waals surface area (Å²) in [7, 11) is 1.84. The van der Waals surface area contributed by atoms with Crippen molar-refractivity contribution in [3.63, 3.8) is 0 Å². The van der Waals surface area contributed by atoms with Gasteiger partial charge in [-0.25, -0.2) is 0 Å². The van der Waals surface area contributed by atoms with Crippen molar-refractivity contribution in [1.82, 2.24) is 10.6 Å². The summed E-state index contributed by atoms with van der Waals surface area (Å²) in [6.45, 7) is 0. The Bertz CT molecular complexity index is 103. The standard InChI is InChI=1S/C5H10N2O/c1-6-4-2-3-5(8)7-4/h4,6H,2-3H2,1H3,(H,7,8). The summed E-state index contributed by atoms with van der Waals surface area (Å²) >= 11 is 0. The zero-order valence-electron chi connectivity index (χ0n) is 4.90. The Labute approximate surface area is 48.5 Å². The third-order valence-electron chi connectivity index (χ3n) is 1.34. The highest BCUT2D eigenvalue weighted by atomic mass is 16.2. The molecule has 2 N–H and O–H groups in total. The Hall–Kier alpha value is -0.570. The second kappa shape index (κ2) is 2.13. The first-order valence-corrected chi connectivity index (χ1v) is 2.79. The van der Waals surface area contributed by atoms with Crippen LogP contribution in [-0.4, -0.2) is 19.1 Å². The molecule has 0 spiro atoms. The molecule has 0 radical (unpaired) electrons. The molecule has 0 aromatic heterocycles. The summed E-state index contributed by atoms with van der Waals surface area (Å²) < 4.78 is 0. The van der Waals surface area contributed by atoms with Gasteiger partial charge in [0.05, 0.1) is 6.17 Å². The van der Waals surface area contributed by atoms with Crippen LogP contribution in [0.5, 0.6) is 0 Å². The lowest BCUT2D eigenvalue weighted by atomic mass is 10.3. The summed E-state index contributed by atoms with van der Waals surface area (Å²) in [6, 6.07) is 0. The van der Waals surface area contributed by atoms with Gasteiger partial charge in [0.25, 0.3) is 0 Å². The first kappa shape index (κ1) is 5.56. The number of amides is 1. The molecular formula is C5H10N2O. The maximum atomic E-state index is 10.5. The van der Waals surface area contributed by atoms with E-state index in [2.05, 4.69) is 10.6 Å². The number of hydrogen-bond donors (Lipinski definition) is 2. The van der Waals surface area contributed by atoms with E-state index in [4.69, 9.17) is 0 Å². The van der Waals surface area contributed by atoms with E-state index >= 15 is 0 Å². The van der Waals surface area contributed by atoms with E-state index in [-0.39, 0.29) is 12.1 Å². The number of rotatable bonds is 1. The number of carbonyl (C=O) groups excluding carboxylic acids is 1. The van der Waals surface area contributed by atoms with Crippen LogP contribution in [0.4, 0.5) is 0 Å². The minimum absolute atomic E-state index is 0.157. The molecule has 0 saturated carbocycles. The zero-order valence-corrected chi connectivity index (χ0v) is 4.90. The molecule has 1 unspecified atom stereocenters. The van der Waals surface area contributed by atoms with Crippen molar-refractivity contribution in [2.45, 2.75) is 19.0 Å².